The first-order valence-corrected chi connectivity index (χ1v) is 4.22. The van der Waals surface area contributed by atoms with Gasteiger partial charge in [-0.25, -0.2) is 0 Å². The Labute approximate surface area is 64.4 Å². The maximum absolute atomic E-state index is 3.40. The summed E-state index contributed by atoms with van der Waals surface area (Å²) in [6.07, 6.45) is 1.31. The third-order valence-electron chi connectivity index (χ3n) is 1.53. The lowest BCUT2D eigenvalue weighted by molar-refractivity contribution is 0.412. The highest BCUT2D eigenvalue weighted by Gasteiger charge is 2.28. The number of nitrogens with one attached hydrogen (secondary N) is 1. The molecule has 0 aliphatic carbocycles. The maximum Gasteiger partial charge on any atom is 0.0599 e. The summed E-state index contributed by atoms with van der Waals surface area (Å²) in [6.45, 7) is 5.79. The third kappa shape index (κ3) is 1.58. The van der Waals surface area contributed by atoms with E-state index in [-0.39, 0.29) is 0 Å². The van der Waals surface area contributed by atoms with Gasteiger partial charge >= 0.3 is 0 Å². The zero-order valence-corrected chi connectivity index (χ0v) is 7.53. The Morgan fingerprint density at radius 2 is 2.25 bits per heavy atom. The van der Waals surface area contributed by atoms with Gasteiger partial charge < -0.3 is 5.32 Å². The molecule has 1 saturated heterocycles. The minimum atomic E-state index is 0.547. The van der Waals surface area contributed by atoms with Crippen LogP contribution >= 0.6 is 22.6 Å². The van der Waals surface area contributed by atoms with Crippen LogP contribution in [0.3, 0.4) is 0 Å². The highest BCUT2D eigenvalue weighted by Crippen LogP contribution is 2.29. The first kappa shape index (κ1) is 6.81. The Balaban J connectivity index is 2.44. The van der Waals surface area contributed by atoms with Crippen molar-refractivity contribution in [2.45, 2.75) is 24.3 Å². The van der Waals surface area contributed by atoms with Crippen LogP contribution in [0.5, 0.6) is 0 Å². The topological polar surface area (TPSA) is 12.0 Å². The zero-order valence-electron chi connectivity index (χ0n) is 5.37. The zero-order chi connectivity index (χ0) is 6.20. The molecule has 2 heteroatoms. The molecule has 0 spiro atoms. The molecular weight excluding hydrogens is 213 g/mol. The highest BCUT2D eigenvalue weighted by atomic mass is 127. The molecule has 0 aromatic carbocycles. The van der Waals surface area contributed by atoms with Crippen LogP contribution in [0.1, 0.15) is 20.3 Å². The molecule has 1 aliphatic rings. The fourth-order valence-electron chi connectivity index (χ4n) is 1.02. The van der Waals surface area contributed by atoms with Crippen LogP contribution in [0.2, 0.25) is 0 Å². The molecule has 0 aromatic heterocycles. The molecule has 1 heterocycles. The molecule has 0 radical (unpaired) electrons. The summed E-state index contributed by atoms with van der Waals surface area (Å²) in [5, 5.41) is 3.40. The Hall–Kier alpha value is 0.690. The van der Waals surface area contributed by atoms with Crippen LogP contribution in [0.25, 0.3) is 0 Å². The van der Waals surface area contributed by atoms with Crippen molar-refractivity contribution in [1.29, 1.82) is 0 Å². The second-order valence-corrected chi connectivity index (χ2v) is 4.72. The van der Waals surface area contributed by atoms with Crippen LogP contribution in [0, 0.1) is 5.41 Å². The molecule has 1 nitrogen and oxygen atoms in total. The van der Waals surface area contributed by atoms with Crippen molar-refractivity contribution >= 4 is 22.6 Å². The van der Waals surface area contributed by atoms with Gasteiger partial charge in [-0.05, 0) is 11.8 Å². The molecule has 0 amide bonds. The standard InChI is InChI=1S/C6H12IN/c1-6(2)3-5(7)8-4-6/h5,8H,3-4H2,1-2H3. The minimum absolute atomic E-state index is 0.547. The fourth-order valence-corrected chi connectivity index (χ4v) is 2.43. The summed E-state index contributed by atoms with van der Waals surface area (Å²) in [4.78, 5) is 0. The van der Waals surface area contributed by atoms with Crippen molar-refractivity contribution in [2.24, 2.45) is 5.41 Å². The molecule has 0 aromatic rings. The summed E-state index contributed by atoms with van der Waals surface area (Å²) in [5.74, 6) is 0. The summed E-state index contributed by atoms with van der Waals surface area (Å²) in [6, 6.07) is 0. The van der Waals surface area contributed by atoms with E-state index in [4.69, 9.17) is 0 Å². The average Bonchev–Trinajstić information content (AvgIpc) is 1.82. The van der Waals surface area contributed by atoms with Crippen LogP contribution in [-0.2, 0) is 0 Å². The smallest absolute Gasteiger partial charge is 0.0599 e. The Morgan fingerprint density at radius 3 is 2.38 bits per heavy atom. The van der Waals surface area contributed by atoms with Crippen LogP contribution in [-0.4, -0.2) is 10.6 Å². The number of alkyl halides is 1. The van der Waals surface area contributed by atoms with E-state index in [1.165, 1.54) is 13.0 Å². The molecule has 1 atom stereocenters. The van der Waals surface area contributed by atoms with Gasteiger partial charge in [0.15, 0.2) is 0 Å². The van der Waals surface area contributed by atoms with Gasteiger partial charge in [-0.15, -0.1) is 0 Å². The number of hydrogen-bond acceptors (Lipinski definition) is 1. The number of hydrogen-bond donors (Lipinski definition) is 1. The van der Waals surface area contributed by atoms with Crippen molar-refractivity contribution in [2.75, 3.05) is 6.54 Å². The lowest BCUT2D eigenvalue weighted by Crippen LogP contribution is -2.16. The predicted molar refractivity (Wildman–Crippen MR) is 44.2 cm³/mol. The van der Waals surface area contributed by atoms with Crippen molar-refractivity contribution in [3.8, 4) is 0 Å². The van der Waals surface area contributed by atoms with Crippen LogP contribution < -0.4 is 5.32 Å². The summed E-state index contributed by atoms with van der Waals surface area (Å²) in [7, 11) is 0. The molecule has 1 N–H and O–H groups in total. The van der Waals surface area contributed by atoms with Gasteiger partial charge in [0.1, 0.15) is 0 Å². The molecule has 8 heavy (non-hydrogen) atoms. The van der Waals surface area contributed by atoms with E-state index < -0.39 is 0 Å². The largest absolute Gasteiger partial charge is 0.305 e. The van der Waals surface area contributed by atoms with Gasteiger partial charge in [0, 0.05) is 6.54 Å². The first-order valence-electron chi connectivity index (χ1n) is 2.98. The van der Waals surface area contributed by atoms with Gasteiger partial charge in [0.2, 0.25) is 0 Å². The second kappa shape index (κ2) is 2.14. The van der Waals surface area contributed by atoms with Crippen LogP contribution in [0.4, 0.5) is 0 Å². The quantitative estimate of drug-likeness (QED) is 0.376. The van der Waals surface area contributed by atoms with Gasteiger partial charge in [-0.2, -0.15) is 0 Å². The van der Waals surface area contributed by atoms with Crippen molar-refractivity contribution in [3.05, 3.63) is 0 Å². The van der Waals surface area contributed by atoms with E-state index in [0.717, 1.165) is 0 Å². The van der Waals surface area contributed by atoms with E-state index in [2.05, 4.69) is 41.8 Å². The van der Waals surface area contributed by atoms with E-state index >= 15 is 0 Å². The Kier molecular flexibility index (Phi) is 1.82. The third-order valence-corrected chi connectivity index (χ3v) is 2.41. The SMILES string of the molecule is CC1(C)CNC(I)C1. The summed E-state index contributed by atoms with van der Waals surface area (Å²) < 4.78 is 0.711. The van der Waals surface area contributed by atoms with Gasteiger partial charge in [-0.3, -0.25) is 0 Å². The maximum atomic E-state index is 3.40. The highest BCUT2D eigenvalue weighted by molar-refractivity contribution is 14.1. The van der Waals surface area contributed by atoms with E-state index in [1.54, 1.807) is 0 Å². The first-order chi connectivity index (χ1) is 3.60. The lowest BCUT2D eigenvalue weighted by Gasteiger charge is -2.13. The van der Waals surface area contributed by atoms with Crippen LogP contribution in [0.15, 0.2) is 0 Å². The molecule has 1 aliphatic heterocycles. The molecule has 1 unspecified atom stereocenters. The molecule has 0 saturated carbocycles. The molecule has 48 valence electrons. The van der Waals surface area contributed by atoms with E-state index in [1.807, 2.05) is 0 Å². The van der Waals surface area contributed by atoms with Crippen molar-refractivity contribution in [3.63, 3.8) is 0 Å². The molecular formula is C6H12IN. The fraction of sp³-hybridized carbons (Fsp3) is 1.00. The van der Waals surface area contributed by atoms with E-state index in [9.17, 15) is 0 Å². The number of rotatable bonds is 0. The van der Waals surface area contributed by atoms with E-state index in [0.29, 0.717) is 9.46 Å². The molecule has 0 bridgehead atoms. The lowest BCUT2D eigenvalue weighted by atomic mass is 9.93. The average molecular weight is 225 g/mol. The van der Waals surface area contributed by atoms with Gasteiger partial charge in [-0.1, -0.05) is 36.4 Å². The summed E-state index contributed by atoms with van der Waals surface area (Å²) in [5.41, 5.74) is 0.547. The van der Waals surface area contributed by atoms with Gasteiger partial charge in [0.05, 0.1) is 4.05 Å². The summed E-state index contributed by atoms with van der Waals surface area (Å²) >= 11 is 2.45. The van der Waals surface area contributed by atoms with Crippen molar-refractivity contribution < 1.29 is 0 Å². The predicted octanol–water partition coefficient (Wildman–Crippen LogP) is 1.77. The monoisotopic (exact) mass is 225 g/mol. The normalized spacial score (nSPS) is 35.6. The molecule has 1 rings (SSSR count). The van der Waals surface area contributed by atoms with Crippen molar-refractivity contribution in [1.82, 2.24) is 5.32 Å². The molecule has 1 fully saturated rings. The Bertz CT molecular complexity index is 90.5. The minimum Gasteiger partial charge on any atom is -0.305 e. The Morgan fingerprint density at radius 1 is 1.62 bits per heavy atom. The van der Waals surface area contributed by atoms with Gasteiger partial charge in [0.25, 0.3) is 0 Å². The second-order valence-electron chi connectivity index (χ2n) is 3.22. The number of halogens is 1.